The van der Waals surface area contributed by atoms with Crippen LogP contribution in [0.3, 0.4) is 0 Å². The van der Waals surface area contributed by atoms with Gasteiger partial charge < -0.3 is 56.2 Å². The maximum Gasteiger partial charge on any atom is 0.277 e. The van der Waals surface area contributed by atoms with Crippen molar-refractivity contribution in [3.05, 3.63) is 309 Å². The number of allylic oxidation sites excluding steroid dienone is 1. The van der Waals surface area contributed by atoms with E-state index in [9.17, 15) is 56.3 Å². The Morgan fingerprint density at radius 3 is 1.18 bits per heavy atom. The van der Waals surface area contributed by atoms with Crippen LogP contribution in [-0.2, 0) is 60.1 Å². The zero-order valence-electron chi connectivity index (χ0n) is 62.6. The number of thiophene rings is 1. The minimum Gasteiger partial charge on any atom is -0.357 e. The molecule has 8 amide bonds. The van der Waals surface area contributed by atoms with E-state index < -0.39 is 11.8 Å². The van der Waals surface area contributed by atoms with E-state index in [0.717, 1.165) is 38.6 Å². The molecule has 0 saturated heterocycles. The first-order valence-corrected chi connectivity index (χ1v) is 37.7. The quantitative estimate of drug-likeness (QED) is 0.0294. The Bertz CT molecular complexity index is 5410. The molecule has 584 valence electrons. The lowest BCUT2D eigenvalue weighted by atomic mass is 9.86. The number of hydrogen-bond acceptors (Lipinski definition) is 13. The summed E-state index contributed by atoms with van der Waals surface area (Å²) in [5.41, 5.74) is 10.5. The molecule has 114 heavy (non-hydrogen) atoms. The van der Waals surface area contributed by atoms with E-state index in [1.807, 2.05) is 20.8 Å². The van der Waals surface area contributed by atoms with Gasteiger partial charge in [0.2, 0.25) is 11.8 Å². The molecule has 1 saturated carbocycles. The predicted octanol–water partition coefficient (Wildman–Crippen LogP) is 12.0. The third kappa shape index (κ3) is 18.2. The number of amides is 8. The zero-order valence-corrected chi connectivity index (χ0v) is 63.4. The van der Waals surface area contributed by atoms with Crippen molar-refractivity contribution in [2.24, 2.45) is 0 Å². The summed E-state index contributed by atoms with van der Waals surface area (Å²) in [6.45, 7) is 19.6. The van der Waals surface area contributed by atoms with E-state index in [-0.39, 0.29) is 132 Å². The molecule has 3 atom stereocenters. The Kier molecular flexibility index (Phi) is 24.0. The van der Waals surface area contributed by atoms with Gasteiger partial charge in [0.15, 0.2) is 22.9 Å². The Balaban J connectivity index is 0.000000149. The van der Waals surface area contributed by atoms with Crippen LogP contribution in [0.15, 0.2) is 202 Å². The molecule has 0 radical (unpaired) electrons. The number of carbonyl (C=O) groups excluding carboxylic acids is 9. The lowest BCUT2D eigenvalue weighted by Gasteiger charge is -2.36. The number of fused-ring (bicyclic) bond motifs is 3. The highest BCUT2D eigenvalue weighted by molar-refractivity contribution is 7.16. The number of halogens is 3. The third-order valence-electron chi connectivity index (χ3n) is 20.0. The van der Waals surface area contributed by atoms with Gasteiger partial charge in [0.1, 0.15) is 34.5 Å². The maximum atomic E-state index is 13.5. The van der Waals surface area contributed by atoms with Crippen LogP contribution in [-0.4, -0.2) is 144 Å². The number of benzene rings is 4. The smallest absolute Gasteiger partial charge is 0.277 e. The second-order valence-corrected chi connectivity index (χ2v) is 29.5. The normalized spacial score (nSPS) is 16.5. The number of hydrogen-bond donors (Lipinski definition) is 8. The van der Waals surface area contributed by atoms with Crippen molar-refractivity contribution in [1.82, 2.24) is 69.6 Å². The SMILES string of the molecule is C=CC(=O)Cc1ccc(NC(=O)c2nn(Cc3ccc(F)cc3)c3c2CN(C(=O)c2ccc[nH]2)C[C@H]3C)s1.C=CC(=O)NC1CC(NC(=O)c2nn(Cc3ccc(F)cc3)c3c2CN(C(=O)c2ccc[nH]2)C[C@H]3C)C1.C=CC(=O)Nc1ccc(NC(=O)c2nn(Cc3ccc(F)cc3)c3c2CN(C(=O)c2ccc[nH]2)C[C@H]3C)cc1. The second kappa shape index (κ2) is 34.8. The van der Waals surface area contributed by atoms with Crippen molar-refractivity contribution >= 4 is 80.8 Å². The number of anilines is 3. The fourth-order valence-electron chi connectivity index (χ4n) is 14.6. The largest absolute Gasteiger partial charge is 0.357 e. The number of carbonyl (C=O) groups is 9. The summed E-state index contributed by atoms with van der Waals surface area (Å²) in [6, 6.07) is 39.1. The summed E-state index contributed by atoms with van der Waals surface area (Å²) in [4.78, 5) is 129. The van der Waals surface area contributed by atoms with Gasteiger partial charge in [0.25, 0.3) is 35.4 Å². The topological polar surface area (TPSA) is 324 Å². The minimum absolute atomic E-state index is 0.00493. The standard InChI is InChI=1S/C29H27FN6O3.C28H26FN5O3S.C27H29FN6O3/c1-3-25(37)32-21-10-12-22(13-11-21)33-28(38)26-23-17-35(29(39)24-5-4-14-31-24)15-18(2)27(23)36(34-26)16-19-6-8-20(30)9-7-19;1-3-20(35)13-21-10-11-24(38-21)31-27(36)25-22-16-33(28(37)23-5-4-12-30-23)14-17(2)26(22)34(32-25)15-18-6-8-19(29)9-7-18;1-3-23(35)30-19-11-20(12-19)31-26(36)24-21-15-33(27(37)22-5-4-10-29-22)13-16(2)25(21)34(32-24)14-17-6-8-18(28)9-7-17/h3-14,18,31H,1,15-17H2,2H3,(H,32,37)(H,33,38);3-12,17,30H,1,13-16H2,2H3,(H,31,36);3-10,16,19-20,29H,1,11-15H2,2H3,(H,30,35)(H,31,36)/t18-;17-;16-,19?,20?/m111/s1. The summed E-state index contributed by atoms with van der Waals surface area (Å²) in [6.07, 6.45) is 10.2. The molecule has 0 spiro atoms. The Morgan fingerprint density at radius 1 is 0.447 bits per heavy atom. The first-order chi connectivity index (χ1) is 55.0. The lowest BCUT2D eigenvalue weighted by molar-refractivity contribution is -0.118. The number of aromatic amines is 3. The zero-order chi connectivity index (χ0) is 80.4. The monoisotopic (exact) mass is 1560 g/mol. The molecule has 3 aliphatic heterocycles. The van der Waals surface area contributed by atoms with Crippen molar-refractivity contribution in [3.63, 3.8) is 0 Å². The fraction of sp³-hybridized carbons (Fsp3) is 0.238. The van der Waals surface area contributed by atoms with Crippen LogP contribution < -0.4 is 26.6 Å². The number of rotatable bonds is 22. The second-order valence-electron chi connectivity index (χ2n) is 28.3. The highest BCUT2D eigenvalue weighted by atomic mass is 32.1. The molecule has 26 nitrogen and oxygen atoms in total. The molecule has 30 heteroatoms. The van der Waals surface area contributed by atoms with Gasteiger partial charge in [-0.25, -0.2) is 13.2 Å². The van der Waals surface area contributed by atoms with Crippen LogP contribution in [0, 0.1) is 17.5 Å². The molecule has 10 heterocycles. The van der Waals surface area contributed by atoms with Crippen LogP contribution in [0.5, 0.6) is 0 Å². The molecule has 1 fully saturated rings. The summed E-state index contributed by atoms with van der Waals surface area (Å²) < 4.78 is 45.7. The molecule has 7 aromatic heterocycles. The number of ketones is 1. The molecular formula is C84H82F3N17O9S. The van der Waals surface area contributed by atoms with Crippen molar-refractivity contribution in [1.29, 1.82) is 0 Å². The molecule has 4 aliphatic rings. The molecular weight excluding hydrogens is 1480 g/mol. The van der Waals surface area contributed by atoms with E-state index in [1.54, 1.807) is 157 Å². The van der Waals surface area contributed by atoms with Gasteiger partial charge in [0, 0.05) is 125 Å². The molecule has 0 unspecified atom stereocenters. The molecule has 4 aromatic carbocycles. The summed E-state index contributed by atoms with van der Waals surface area (Å²) in [5, 5.41) is 28.9. The average Bonchev–Trinajstić information content (AvgIpc) is 1.62. The Morgan fingerprint density at radius 2 is 0.816 bits per heavy atom. The molecule has 0 bridgehead atoms. The minimum atomic E-state index is -0.423. The van der Waals surface area contributed by atoms with Gasteiger partial charge in [-0.2, -0.15) is 15.3 Å². The first kappa shape index (κ1) is 78.6. The fourth-order valence-corrected chi connectivity index (χ4v) is 15.5. The van der Waals surface area contributed by atoms with Crippen molar-refractivity contribution in [3.8, 4) is 0 Å². The van der Waals surface area contributed by atoms with Crippen molar-refractivity contribution in [2.45, 2.75) is 109 Å². The average molecular weight is 1560 g/mol. The van der Waals surface area contributed by atoms with Crippen LogP contribution >= 0.6 is 11.3 Å². The maximum absolute atomic E-state index is 13.5. The summed E-state index contributed by atoms with van der Waals surface area (Å²) in [7, 11) is 0. The van der Waals surface area contributed by atoms with Crippen LogP contribution in [0.4, 0.5) is 29.5 Å². The highest BCUT2D eigenvalue weighted by Gasteiger charge is 2.40. The number of aromatic nitrogens is 9. The summed E-state index contributed by atoms with van der Waals surface area (Å²) >= 11 is 1.31. The van der Waals surface area contributed by atoms with Crippen molar-refractivity contribution in [2.75, 3.05) is 35.6 Å². The van der Waals surface area contributed by atoms with Crippen LogP contribution in [0.2, 0.25) is 0 Å². The highest BCUT2D eigenvalue weighted by Crippen LogP contribution is 2.37. The summed E-state index contributed by atoms with van der Waals surface area (Å²) in [5.74, 6) is -3.49. The van der Waals surface area contributed by atoms with E-state index >= 15 is 0 Å². The van der Waals surface area contributed by atoms with E-state index in [1.165, 1.54) is 66.0 Å². The molecule has 1 aliphatic carbocycles. The Hall–Kier alpha value is -13.5. The van der Waals surface area contributed by atoms with E-state index in [2.05, 4.69) is 71.5 Å². The van der Waals surface area contributed by atoms with E-state index in [4.69, 9.17) is 5.10 Å². The van der Waals surface area contributed by atoms with Crippen LogP contribution in [0.1, 0.15) is 170 Å². The predicted molar refractivity (Wildman–Crippen MR) is 422 cm³/mol. The van der Waals surface area contributed by atoms with Crippen LogP contribution in [0.25, 0.3) is 0 Å². The number of nitrogens with zero attached hydrogens (tertiary/aromatic N) is 9. The third-order valence-corrected chi connectivity index (χ3v) is 21.0. The number of nitrogens with one attached hydrogen (secondary N) is 8. The van der Waals surface area contributed by atoms with Gasteiger partial charge in [0.05, 0.1) is 44.3 Å². The van der Waals surface area contributed by atoms with Gasteiger partial charge in [-0.15, -0.1) is 11.3 Å². The lowest BCUT2D eigenvalue weighted by Crippen LogP contribution is -2.53. The number of H-pyrrole nitrogens is 3. The Labute approximate surface area is 657 Å². The molecule has 11 aromatic rings. The van der Waals surface area contributed by atoms with Gasteiger partial charge >= 0.3 is 0 Å². The first-order valence-electron chi connectivity index (χ1n) is 36.9. The molecule has 15 rings (SSSR count). The van der Waals surface area contributed by atoms with E-state index in [0.29, 0.717) is 102 Å². The van der Waals surface area contributed by atoms with Gasteiger partial charge in [-0.05, 0) is 157 Å². The van der Waals surface area contributed by atoms with Crippen molar-refractivity contribution < 1.29 is 56.3 Å². The van der Waals surface area contributed by atoms with Gasteiger partial charge in [-0.1, -0.05) is 76.9 Å². The van der Waals surface area contributed by atoms with Gasteiger partial charge in [-0.3, -0.25) is 57.2 Å². The molecule has 8 N–H and O–H groups in total.